The van der Waals surface area contributed by atoms with Crippen molar-refractivity contribution in [1.82, 2.24) is 4.98 Å². The molecule has 1 rings (SSSR count). The number of aromatic nitrogens is 1. The number of nitrogens with two attached hydrogens (primary N) is 1. The summed E-state index contributed by atoms with van der Waals surface area (Å²) in [6.45, 7) is 3.39. The number of hydrogen-bond donors (Lipinski definition) is 1. The normalized spacial score (nSPS) is 10.4. The van der Waals surface area contributed by atoms with Crippen LogP contribution in [0.15, 0.2) is 12.1 Å². The fourth-order valence-corrected chi connectivity index (χ4v) is 1.58. The van der Waals surface area contributed by atoms with Gasteiger partial charge in [-0.05, 0) is 19.9 Å². The summed E-state index contributed by atoms with van der Waals surface area (Å²) in [5.74, 6) is -0.555. The quantitative estimate of drug-likeness (QED) is 0.495. The molecule has 0 saturated heterocycles. The van der Waals surface area contributed by atoms with Crippen LogP contribution in [-0.2, 0) is 4.79 Å². The maximum atomic E-state index is 11.0. The third-order valence-corrected chi connectivity index (χ3v) is 2.45. The third kappa shape index (κ3) is 3.30. The van der Waals surface area contributed by atoms with Gasteiger partial charge in [-0.25, -0.2) is 4.98 Å². The molecule has 98 valence electrons. The molecule has 0 aliphatic heterocycles. The number of anilines is 1. The topological polar surface area (TPSA) is 102 Å². The summed E-state index contributed by atoms with van der Waals surface area (Å²) in [5, 5.41) is 11.0. The number of primary amides is 1. The standard InChI is InChI=1S/C10H13ClN4O3/c1-6(2)14(5-9(12)16)10-7(15(17)18)3-4-8(11)13-10/h3-4,6H,5H2,1-2H3,(H2,12,16). The number of carbonyl (C=O) groups is 1. The number of halogens is 1. The summed E-state index contributed by atoms with van der Waals surface area (Å²) in [7, 11) is 0. The van der Waals surface area contributed by atoms with Gasteiger partial charge < -0.3 is 10.6 Å². The molecule has 0 aliphatic rings. The van der Waals surface area contributed by atoms with Crippen LogP contribution in [0.4, 0.5) is 11.5 Å². The summed E-state index contributed by atoms with van der Waals surface area (Å²) in [4.78, 5) is 26.7. The van der Waals surface area contributed by atoms with Crippen LogP contribution in [0.2, 0.25) is 5.15 Å². The van der Waals surface area contributed by atoms with Gasteiger partial charge in [0.15, 0.2) is 0 Å². The first-order valence-electron chi connectivity index (χ1n) is 5.18. The second kappa shape index (κ2) is 5.63. The third-order valence-electron chi connectivity index (χ3n) is 2.24. The SMILES string of the molecule is CC(C)N(CC(N)=O)c1nc(Cl)ccc1[N+](=O)[O-]. The van der Waals surface area contributed by atoms with E-state index in [9.17, 15) is 14.9 Å². The Labute approximate surface area is 109 Å². The lowest BCUT2D eigenvalue weighted by Crippen LogP contribution is -2.39. The molecule has 1 aromatic heterocycles. The van der Waals surface area contributed by atoms with Gasteiger partial charge in [0, 0.05) is 12.1 Å². The monoisotopic (exact) mass is 272 g/mol. The number of nitro groups is 1. The highest BCUT2D eigenvalue weighted by atomic mass is 35.5. The number of pyridine rings is 1. The van der Waals surface area contributed by atoms with Crippen LogP contribution in [-0.4, -0.2) is 28.4 Å². The molecule has 0 spiro atoms. The van der Waals surface area contributed by atoms with E-state index in [-0.39, 0.29) is 29.2 Å². The van der Waals surface area contributed by atoms with Crippen LogP contribution in [0.3, 0.4) is 0 Å². The van der Waals surface area contributed by atoms with Crippen LogP contribution >= 0.6 is 11.6 Å². The number of carbonyl (C=O) groups excluding carboxylic acids is 1. The van der Waals surface area contributed by atoms with E-state index >= 15 is 0 Å². The lowest BCUT2D eigenvalue weighted by atomic mass is 10.2. The molecular weight excluding hydrogens is 260 g/mol. The van der Waals surface area contributed by atoms with Gasteiger partial charge >= 0.3 is 5.69 Å². The van der Waals surface area contributed by atoms with E-state index in [2.05, 4.69) is 4.98 Å². The largest absolute Gasteiger partial charge is 0.368 e. The zero-order chi connectivity index (χ0) is 13.9. The Kier molecular flexibility index (Phi) is 4.43. The molecule has 0 saturated carbocycles. The van der Waals surface area contributed by atoms with Crippen LogP contribution in [0.5, 0.6) is 0 Å². The summed E-state index contributed by atoms with van der Waals surface area (Å²) in [6.07, 6.45) is 0. The molecule has 0 radical (unpaired) electrons. The molecule has 1 heterocycles. The van der Waals surface area contributed by atoms with Crippen molar-refractivity contribution in [3.63, 3.8) is 0 Å². The minimum atomic E-state index is -0.597. The average molecular weight is 273 g/mol. The van der Waals surface area contributed by atoms with Crippen molar-refractivity contribution in [3.8, 4) is 0 Å². The highest BCUT2D eigenvalue weighted by Crippen LogP contribution is 2.28. The maximum Gasteiger partial charge on any atom is 0.311 e. The minimum Gasteiger partial charge on any atom is -0.368 e. The van der Waals surface area contributed by atoms with Crippen LogP contribution in [0.25, 0.3) is 0 Å². The van der Waals surface area contributed by atoms with Crippen molar-refractivity contribution in [2.45, 2.75) is 19.9 Å². The van der Waals surface area contributed by atoms with E-state index in [0.717, 1.165) is 0 Å². The molecule has 2 N–H and O–H groups in total. The Hall–Kier alpha value is -1.89. The van der Waals surface area contributed by atoms with Gasteiger partial charge in [-0.2, -0.15) is 0 Å². The Morgan fingerprint density at radius 3 is 2.67 bits per heavy atom. The average Bonchev–Trinajstić information content (AvgIpc) is 2.24. The Bertz CT molecular complexity index is 478. The van der Waals surface area contributed by atoms with Gasteiger partial charge in [0.1, 0.15) is 5.15 Å². The van der Waals surface area contributed by atoms with Crippen molar-refractivity contribution in [1.29, 1.82) is 0 Å². The summed E-state index contributed by atoms with van der Waals surface area (Å²) >= 11 is 5.73. The fourth-order valence-electron chi connectivity index (χ4n) is 1.44. The first-order chi connectivity index (χ1) is 8.32. The molecule has 7 nitrogen and oxygen atoms in total. The number of rotatable bonds is 5. The minimum absolute atomic E-state index is 0.0429. The van der Waals surface area contributed by atoms with E-state index in [1.54, 1.807) is 13.8 Å². The molecule has 0 fully saturated rings. The van der Waals surface area contributed by atoms with Gasteiger partial charge in [0.25, 0.3) is 0 Å². The Morgan fingerprint density at radius 2 is 2.22 bits per heavy atom. The van der Waals surface area contributed by atoms with Crippen molar-refractivity contribution in [3.05, 3.63) is 27.4 Å². The molecule has 0 unspecified atom stereocenters. The van der Waals surface area contributed by atoms with Crippen LogP contribution in [0, 0.1) is 10.1 Å². The van der Waals surface area contributed by atoms with Gasteiger partial charge in [0.2, 0.25) is 11.7 Å². The van der Waals surface area contributed by atoms with Crippen LogP contribution < -0.4 is 10.6 Å². The van der Waals surface area contributed by atoms with Gasteiger partial charge in [-0.1, -0.05) is 11.6 Å². The zero-order valence-corrected chi connectivity index (χ0v) is 10.7. The van der Waals surface area contributed by atoms with Gasteiger partial charge in [-0.3, -0.25) is 14.9 Å². The molecule has 8 heteroatoms. The molecule has 1 aromatic rings. The van der Waals surface area contributed by atoms with Crippen molar-refractivity contribution < 1.29 is 9.72 Å². The van der Waals surface area contributed by atoms with Crippen molar-refractivity contribution in [2.24, 2.45) is 5.73 Å². The van der Waals surface area contributed by atoms with Gasteiger partial charge in [0.05, 0.1) is 11.5 Å². The lowest BCUT2D eigenvalue weighted by molar-refractivity contribution is -0.384. The first kappa shape index (κ1) is 14.2. The molecule has 0 aromatic carbocycles. The summed E-state index contributed by atoms with van der Waals surface area (Å²) in [5.41, 5.74) is 4.91. The zero-order valence-electron chi connectivity index (χ0n) is 9.96. The van der Waals surface area contributed by atoms with E-state index in [1.165, 1.54) is 17.0 Å². The van der Waals surface area contributed by atoms with E-state index < -0.39 is 10.8 Å². The first-order valence-corrected chi connectivity index (χ1v) is 5.56. The molecule has 18 heavy (non-hydrogen) atoms. The predicted molar refractivity (Wildman–Crippen MR) is 67.6 cm³/mol. The molecule has 0 bridgehead atoms. The molecule has 1 amide bonds. The Balaban J connectivity index is 3.29. The van der Waals surface area contributed by atoms with Crippen LogP contribution in [0.1, 0.15) is 13.8 Å². The molecular formula is C10H13ClN4O3. The van der Waals surface area contributed by atoms with E-state index in [4.69, 9.17) is 17.3 Å². The maximum absolute atomic E-state index is 11.0. The summed E-state index contributed by atoms with van der Waals surface area (Å²) < 4.78 is 0. The Morgan fingerprint density at radius 1 is 1.61 bits per heavy atom. The number of amides is 1. The van der Waals surface area contributed by atoms with Crippen molar-refractivity contribution in [2.75, 3.05) is 11.4 Å². The molecule has 0 atom stereocenters. The van der Waals surface area contributed by atoms with E-state index in [0.29, 0.717) is 0 Å². The second-order valence-corrected chi connectivity index (χ2v) is 4.31. The highest BCUT2D eigenvalue weighted by Gasteiger charge is 2.24. The smallest absolute Gasteiger partial charge is 0.311 e. The van der Waals surface area contributed by atoms with Gasteiger partial charge in [-0.15, -0.1) is 0 Å². The second-order valence-electron chi connectivity index (χ2n) is 3.92. The lowest BCUT2D eigenvalue weighted by Gasteiger charge is -2.25. The number of hydrogen-bond acceptors (Lipinski definition) is 5. The number of nitrogens with zero attached hydrogens (tertiary/aromatic N) is 3. The summed E-state index contributed by atoms with van der Waals surface area (Å²) in [6, 6.07) is 2.40. The highest BCUT2D eigenvalue weighted by molar-refractivity contribution is 6.29. The predicted octanol–water partition coefficient (Wildman–Crippen LogP) is 1.34. The van der Waals surface area contributed by atoms with E-state index in [1.807, 2.05) is 0 Å². The molecule has 0 aliphatic carbocycles. The van der Waals surface area contributed by atoms with Crippen molar-refractivity contribution >= 4 is 29.0 Å². The fraction of sp³-hybridized carbons (Fsp3) is 0.400.